The Morgan fingerprint density at radius 1 is 1.32 bits per heavy atom. The first kappa shape index (κ1) is 19.7. The minimum atomic E-state index is -3.79. The summed E-state index contributed by atoms with van der Waals surface area (Å²) in [4.78, 5) is 12.6. The van der Waals surface area contributed by atoms with Gasteiger partial charge in [0.05, 0.1) is 12.0 Å². The molecule has 1 amide bonds. The van der Waals surface area contributed by atoms with E-state index >= 15 is 0 Å². The van der Waals surface area contributed by atoms with Crippen LogP contribution in [0.15, 0.2) is 29.2 Å². The summed E-state index contributed by atoms with van der Waals surface area (Å²) in [5.41, 5.74) is 0. The summed E-state index contributed by atoms with van der Waals surface area (Å²) in [6, 6.07) is 5.50. The van der Waals surface area contributed by atoms with Gasteiger partial charge in [-0.3, -0.25) is 4.79 Å². The first-order chi connectivity index (χ1) is 11.8. The smallest absolute Gasteiger partial charge is 0.241 e. The first-order valence-electron chi connectivity index (χ1n) is 8.51. The predicted molar refractivity (Wildman–Crippen MR) is 96.0 cm³/mol. The number of carbonyl (C=O) groups is 1. The Morgan fingerprint density at radius 2 is 2.00 bits per heavy atom. The molecule has 0 aromatic heterocycles. The van der Waals surface area contributed by atoms with Crippen LogP contribution in [0, 0.1) is 5.92 Å². The lowest BCUT2D eigenvalue weighted by molar-refractivity contribution is -0.123. The van der Waals surface area contributed by atoms with Gasteiger partial charge in [-0.25, -0.2) is 8.42 Å². The molecule has 1 aliphatic rings. The second-order valence-corrected chi connectivity index (χ2v) is 8.27. The Balaban J connectivity index is 2.03. The summed E-state index contributed by atoms with van der Waals surface area (Å²) in [5.74, 6) is 0.0894. The molecule has 1 heterocycles. The van der Waals surface area contributed by atoms with Gasteiger partial charge in [-0.15, -0.1) is 0 Å². The van der Waals surface area contributed by atoms with E-state index in [4.69, 9.17) is 4.74 Å². The molecule has 1 aliphatic heterocycles. The maximum Gasteiger partial charge on any atom is 0.241 e. The fourth-order valence-electron chi connectivity index (χ4n) is 2.75. The van der Waals surface area contributed by atoms with E-state index in [0.29, 0.717) is 12.3 Å². The lowest BCUT2D eigenvalue weighted by Gasteiger charge is -2.22. The third-order valence-corrected chi connectivity index (χ3v) is 5.74. The number of rotatable bonds is 8. The summed E-state index contributed by atoms with van der Waals surface area (Å²) >= 11 is 0. The number of hydrogen-bond acceptors (Lipinski definition) is 5. The summed E-state index contributed by atoms with van der Waals surface area (Å²) < 4.78 is 32.7. The minimum Gasteiger partial charge on any atom is -0.497 e. The SMILES string of the molecule is COc1ccc(S(=O)(=O)NC(C(=O)NCC2CCCN2)C(C)C)cc1. The van der Waals surface area contributed by atoms with Crippen molar-refractivity contribution in [1.82, 2.24) is 15.4 Å². The molecule has 0 spiro atoms. The van der Waals surface area contributed by atoms with Gasteiger partial charge in [0.2, 0.25) is 15.9 Å². The van der Waals surface area contributed by atoms with Crippen LogP contribution in [0.2, 0.25) is 0 Å². The van der Waals surface area contributed by atoms with Crippen molar-refractivity contribution in [3.05, 3.63) is 24.3 Å². The maximum atomic E-state index is 12.6. The standard InChI is InChI=1S/C17H27N3O4S/c1-12(2)16(17(21)19-11-13-5-4-10-18-13)20-25(22,23)15-8-6-14(24-3)7-9-15/h6-9,12-13,16,18,20H,4-5,10-11H2,1-3H3,(H,19,21). The van der Waals surface area contributed by atoms with Crippen LogP contribution in [0.3, 0.4) is 0 Å². The van der Waals surface area contributed by atoms with Crippen molar-refractivity contribution in [3.63, 3.8) is 0 Å². The molecule has 0 saturated carbocycles. The van der Waals surface area contributed by atoms with Crippen molar-refractivity contribution in [2.75, 3.05) is 20.2 Å². The number of benzene rings is 1. The average molecular weight is 369 g/mol. The van der Waals surface area contributed by atoms with Crippen molar-refractivity contribution in [3.8, 4) is 5.75 Å². The van der Waals surface area contributed by atoms with Crippen LogP contribution in [0.4, 0.5) is 0 Å². The van der Waals surface area contributed by atoms with Crippen LogP contribution in [-0.4, -0.2) is 46.6 Å². The molecule has 2 atom stereocenters. The number of nitrogens with one attached hydrogen (secondary N) is 3. The van der Waals surface area contributed by atoms with Crippen LogP contribution in [0.5, 0.6) is 5.75 Å². The molecule has 8 heteroatoms. The molecule has 140 valence electrons. The molecule has 25 heavy (non-hydrogen) atoms. The van der Waals surface area contributed by atoms with Gasteiger partial charge in [-0.2, -0.15) is 4.72 Å². The van der Waals surface area contributed by atoms with Crippen molar-refractivity contribution in [2.24, 2.45) is 5.92 Å². The van der Waals surface area contributed by atoms with E-state index in [-0.39, 0.29) is 22.8 Å². The molecule has 0 radical (unpaired) electrons. The number of hydrogen-bond donors (Lipinski definition) is 3. The predicted octanol–water partition coefficient (Wildman–Crippen LogP) is 0.866. The largest absolute Gasteiger partial charge is 0.497 e. The Kier molecular flexibility index (Phi) is 6.80. The van der Waals surface area contributed by atoms with Crippen molar-refractivity contribution >= 4 is 15.9 Å². The molecule has 7 nitrogen and oxygen atoms in total. The van der Waals surface area contributed by atoms with Crippen molar-refractivity contribution in [1.29, 1.82) is 0 Å². The van der Waals surface area contributed by atoms with Gasteiger partial charge in [-0.05, 0) is 49.6 Å². The zero-order valence-electron chi connectivity index (χ0n) is 14.9. The molecule has 0 aliphatic carbocycles. The highest BCUT2D eigenvalue weighted by Gasteiger charge is 2.29. The van der Waals surface area contributed by atoms with E-state index in [1.54, 1.807) is 12.1 Å². The monoisotopic (exact) mass is 369 g/mol. The fourth-order valence-corrected chi connectivity index (χ4v) is 4.09. The zero-order valence-corrected chi connectivity index (χ0v) is 15.7. The van der Waals surface area contributed by atoms with E-state index < -0.39 is 16.1 Å². The van der Waals surface area contributed by atoms with E-state index in [0.717, 1.165) is 19.4 Å². The van der Waals surface area contributed by atoms with E-state index in [1.807, 2.05) is 13.8 Å². The molecule has 1 aromatic rings. The van der Waals surface area contributed by atoms with E-state index in [9.17, 15) is 13.2 Å². The van der Waals surface area contributed by atoms with E-state index in [2.05, 4.69) is 15.4 Å². The van der Waals surface area contributed by atoms with Crippen molar-refractivity contribution < 1.29 is 17.9 Å². The number of carbonyl (C=O) groups excluding carboxylic acids is 1. The van der Waals surface area contributed by atoms with Crippen LogP contribution in [0.1, 0.15) is 26.7 Å². The summed E-state index contributed by atoms with van der Waals surface area (Å²) in [6.45, 7) is 5.09. The number of methoxy groups -OCH3 is 1. The van der Waals surface area contributed by atoms with Crippen LogP contribution < -0.4 is 20.1 Å². The van der Waals surface area contributed by atoms with Gasteiger partial charge in [0.25, 0.3) is 0 Å². The molecular formula is C17H27N3O4S. The maximum absolute atomic E-state index is 12.6. The average Bonchev–Trinajstić information content (AvgIpc) is 3.11. The lowest BCUT2D eigenvalue weighted by Crippen LogP contribution is -2.51. The quantitative estimate of drug-likeness (QED) is 0.632. The second-order valence-electron chi connectivity index (χ2n) is 6.56. The van der Waals surface area contributed by atoms with Crippen LogP contribution in [-0.2, 0) is 14.8 Å². The Labute approximate surface area is 149 Å². The lowest BCUT2D eigenvalue weighted by atomic mass is 10.0. The summed E-state index contributed by atoms with van der Waals surface area (Å²) in [5, 5.41) is 6.15. The minimum absolute atomic E-state index is 0.101. The first-order valence-corrected chi connectivity index (χ1v) is 9.99. The van der Waals surface area contributed by atoms with Gasteiger partial charge in [0.1, 0.15) is 11.8 Å². The second kappa shape index (κ2) is 8.64. The normalized spacial score (nSPS) is 19.0. The van der Waals surface area contributed by atoms with Crippen LogP contribution in [0.25, 0.3) is 0 Å². The zero-order chi connectivity index (χ0) is 18.4. The highest BCUT2D eigenvalue weighted by atomic mass is 32.2. The summed E-state index contributed by atoms with van der Waals surface area (Å²) in [6.07, 6.45) is 2.11. The third kappa shape index (κ3) is 5.42. The topological polar surface area (TPSA) is 96.5 Å². The van der Waals surface area contributed by atoms with Gasteiger partial charge in [0, 0.05) is 12.6 Å². The number of sulfonamides is 1. The Morgan fingerprint density at radius 3 is 2.52 bits per heavy atom. The summed E-state index contributed by atoms with van der Waals surface area (Å²) in [7, 11) is -2.28. The van der Waals surface area contributed by atoms with Gasteiger partial charge in [-0.1, -0.05) is 13.8 Å². The van der Waals surface area contributed by atoms with Gasteiger partial charge < -0.3 is 15.4 Å². The number of ether oxygens (including phenoxy) is 1. The molecule has 1 aromatic carbocycles. The molecular weight excluding hydrogens is 342 g/mol. The Bertz CT molecular complexity index is 668. The molecule has 3 N–H and O–H groups in total. The van der Waals surface area contributed by atoms with Gasteiger partial charge >= 0.3 is 0 Å². The fraction of sp³-hybridized carbons (Fsp3) is 0.588. The number of amides is 1. The molecule has 2 unspecified atom stereocenters. The third-order valence-electron chi connectivity index (χ3n) is 4.29. The van der Waals surface area contributed by atoms with Gasteiger partial charge in [0.15, 0.2) is 0 Å². The van der Waals surface area contributed by atoms with E-state index in [1.165, 1.54) is 19.2 Å². The highest BCUT2D eigenvalue weighted by Crippen LogP contribution is 2.17. The van der Waals surface area contributed by atoms with Crippen molar-refractivity contribution in [2.45, 2.75) is 43.7 Å². The molecule has 1 fully saturated rings. The molecule has 1 saturated heterocycles. The van der Waals surface area contributed by atoms with Crippen LogP contribution >= 0.6 is 0 Å². The highest BCUT2D eigenvalue weighted by molar-refractivity contribution is 7.89. The Hall–Kier alpha value is -1.64. The molecule has 2 rings (SSSR count). The molecule has 0 bridgehead atoms.